The normalized spacial score (nSPS) is 26.4. The molecule has 2 saturated heterocycles. The number of fused-ring (bicyclic) bond motifs is 1. The quantitative estimate of drug-likeness (QED) is 0.816. The van der Waals surface area contributed by atoms with Crippen molar-refractivity contribution in [3.8, 4) is 17.2 Å². The van der Waals surface area contributed by atoms with Gasteiger partial charge in [0.2, 0.25) is 5.91 Å². The number of nitriles is 1. The monoisotopic (exact) mass is 414 g/mol. The van der Waals surface area contributed by atoms with E-state index in [-0.39, 0.29) is 24.4 Å². The fourth-order valence-electron chi connectivity index (χ4n) is 5.12. The van der Waals surface area contributed by atoms with Crippen molar-refractivity contribution in [1.29, 1.82) is 5.26 Å². The van der Waals surface area contributed by atoms with Crippen LogP contribution in [0.15, 0.2) is 54.6 Å². The molecule has 2 unspecified atom stereocenters. The smallest absolute Gasteiger partial charge is 0.253 e. The van der Waals surface area contributed by atoms with Gasteiger partial charge in [0.25, 0.3) is 5.91 Å². The molecule has 3 atom stereocenters. The molecule has 31 heavy (non-hydrogen) atoms. The van der Waals surface area contributed by atoms with E-state index in [2.05, 4.69) is 23.5 Å². The predicted octanol–water partition coefficient (Wildman–Crippen LogP) is 2.53. The Bertz CT molecular complexity index is 1000. The average molecular weight is 415 g/mol. The number of carbonyl (C=O) groups is 2. The summed E-state index contributed by atoms with van der Waals surface area (Å²) in [5.74, 6) is 0.937. The average Bonchev–Trinajstić information content (AvgIpc) is 3.18. The highest BCUT2D eigenvalue weighted by molar-refractivity contribution is 5.95. The number of hydrogen-bond donors (Lipinski definition) is 1. The molecule has 2 amide bonds. The predicted molar refractivity (Wildman–Crippen MR) is 117 cm³/mol. The molecule has 3 fully saturated rings. The highest BCUT2D eigenvalue weighted by Gasteiger charge is 2.56. The summed E-state index contributed by atoms with van der Waals surface area (Å²) in [5, 5.41) is 12.5. The first-order valence-electron chi connectivity index (χ1n) is 11.0. The first-order valence-corrected chi connectivity index (χ1v) is 11.0. The van der Waals surface area contributed by atoms with E-state index in [0.29, 0.717) is 24.4 Å². The number of amides is 2. The molecule has 5 rings (SSSR count). The minimum absolute atomic E-state index is 0.0143. The van der Waals surface area contributed by atoms with Crippen molar-refractivity contribution in [2.24, 2.45) is 11.8 Å². The number of nitrogens with zero attached hydrogens (tertiary/aromatic N) is 3. The number of likely N-dealkylation sites (tertiary alicyclic amines) is 2. The topological polar surface area (TPSA) is 76.4 Å². The van der Waals surface area contributed by atoms with Crippen LogP contribution in [0.4, 0.5) is 0 Å². The Kier molecular flexibility index (Phi) is 5.21. The summed E-state index contributed by atoms with van der Waals surface area (Å²) in [6, 6.07) is 20.2. The van der Waals surface area contributed by atoms with Crippen LogP contribution in [-0.4, -0.2) is 59.9 Å². The SMILES string of the molecule is N#C[C@@H]1CCCN1C(=O)CNC1C2CN(C(=O)c3ccc(-c4ccccc4)cc3)CC21. The third-order valence-electron chi connectivity index (χ3n) is 6.93. The fourth-order valence-corrected chi connectivity index (χ4v) is 5.12. The highest BCUT2D eigenvalue weighted by atomic mass is 16.2. The lowest BCUT2D eigenvalue weighted by atomic mass is 10.0. The van der Waals surface area contributed by atoms with Crippen molar-refractivity contribution in [1.82, 2.24) is 15.1 Å². The summed E-state index contributed by atoms with van der Waals surface area (Å²) in [5.41, 5.74) is 2.96. The number of rotatable bonds is 5. The molecule has 1 aliphatic carbocycles. The van der Waals surface area contributed by atoms with Gasteiger partial charge in [-0.3, -0.25) is 9.59 Å². The van der Waals surface area contributed by atoms with Crippen LogP contribution in [0.2, 0.25) is 0 Å². The maximum Gasteiger partial charge on any atom is 0.253 e. The molecule has 2 aliphatic heterocycles. The van der Waals surface area contributed by atoms with Crippen LogP contribution in [0.25, 0.3) is 11.1 Å². The van der Waals surface area contributed by atoms with E-state index in [0.717, 1.165) is 42.6 Å². The van der Waals surface area contributed by atoms with Gasteiger partial charge in [0.05, 0.1) is 12.6 Å². The molecule has 2 heterocycles. The molecule has 158 valence electrons. The Morgan fingerprint density at radius 3 is 2.35 bits per heavy atom. The molecule has 6 nitrogen and oxygen atoms in total. The highest BCUT2D eigenvalue weighted by Crippen LogP contribution is 2.45. The van der Waals surface area contributed by atoms with E-state index < -0.39 is 0 Å². The van der Waals surface area contributed by atoms with Gasteiger partial charge in [-0.1, -0.05) is 42.5 Å². The molecule has 1 N–H and O–H groups in total. The van der Waals surface area contributed by atoms with Crippen LogP contribution < -0.4 is 5.32 Å². The zero-order valence-corrected chi connectivity index (χ0v) is 17.4. The van der Waals surface area contributed by atoms with Crippen LogP contribution in [0, 0.1) is 23.2 Å². The van der Waals surface area contributed by atoms with Gasteiger partial charge in [0.1, 0.15) is 6.04 Å². The van der Waals surface area contributed by atoms with E-state index in [1.165, 1.54) is 0 Å². The first-order chi connectivity index (χ1) is 15.2. The lowest BCUT2D eigenvalue weighted by Gasteiger charge is -2.22. The maximum atomic E-state index is 12.9. The standard InChI is InChI=1S/C25H26N4O2/c26-13-20-7-4-12-29(20)23(30)14-27-24-21-15-28(16-22(21)24)25(31)19-10-8-18(9-11-19)17-5-2-1-3-6-17/h1-3,5-6,8-11,20-22,24,27H,4,7,12,14-16H2/t20-,21?,22?,24?/m0/s1. The van der Waals surface area contributed by atoms with Gasteiger partial charge in [-0.2, -0.15) is 5.26 Å². The largest absolute Gasteiger partial charge is 0.338 e. The minimum atomic E-state index is -0.269. The molecule has 2 aromatic carbocycles. The lowest BCUT2D eigenvalue weighted by Crippen LogP contribution is -2.43. The first kappa shape index (κ1) is 19.8. The molecule has 0 aromatic heterocycles. The summed E-state index contributed by atoms with van der Waals surface area (Å²) >= 11 is 0. The van der Waals surface area contributed by atoms with Gasteiger partial charge in [-0.25, -0.2) is 0 Å². The second kappa shape index (κ2) is 8.16. The van der Waals surface area contributed by atoms with Gasteiger partial charge in [-0.15, -0.1) is 0 Å². The molecule has 1 saturated carbocycles. The summed E-state index contributed by atoms with van der Waals surface area (Å²) in [4.78, 5) is 28.9. The molecule has 0 radical (unpaired) electrons. The van der Waals surface area contributed by atoms with E-state index >= 15 is 0 Å². The van der Waals surface area contributed by atoms with Crippen LogP contribution in [0.3, 0.4) is 0 Å². The number of piperidine rings is 1. The third kappa shape index (κ3) is 3.82. The molecule has 3 aliphatic rings. The number of carbonyl (C=O) groups excluding carboxylic acids is 2. The van der Waals surface area contributed by atoms with Gasteiger partial charge in [-0.05, 0) is 47.9 Å². The summed E-state index contributed by atoms with van der Waals surface area (Å²) in [6.07, 6.45) is 1.68. The number of nitrogens with one attached hydrogen (secondary N) is 1. The van der Waals surface area contributed by atoms with E-state index in [1.807, 2.05) is 47.4 Å². The van der Waals surface area contributed by atoms with Gasteiger partial charge < -0.3 is 15.1 Å². The molecular weight excluding hydrogens is 388 g/mol. The van der Waals surface area contributed by atoms with Crippen molar-refractivity contribution in [2.75, 3.05) is 26.2 Å². The Morgan fingerprint density at radius 2 is 1.68 bits per heavy atom. The maximum absolute atomic E-state index is 12.9. The Hall–Kier alpha value is -3.17. The van der Waals surface area contributed by atoms with Crippen LogP contribution >= 0.6 is 0 Å². The lowest BCUT2D eigenvalue weighted by molar-refractivity contribution is -0.130. The summed E-state index contributed by atoms with van der Waals surface area (Å²) in [7, 11) is 0. The second-order valence-electron chi connectivity index (χ2n) is 8.76. The van der Waals surface area contributed by atoms with Crippen LogP contribution in [-0.2, 0) is 4.79 Å². The zero-order valence-electron chi connectivity index (χ0n) is 17.4. The third-order valence-corrected chi connectivity index (χ3v) is 6.93. The Labute approximate surface area is 182 Å². The van der Waals surface area contributed by atoms with E-state index in [1.54, 1.807) is 4.90 Å². The van der Waals surface area contributed by atoms with E-state index in [9.17, 15) is 9.59 Å². The summed E-state index contributed by atoms with van der Waals surface area (Å²) < 4.78 is 0. The Morgan fingerprint density at radius 1 is 1.00 bits per heavy atom. The number of benzene rings is 2. The molecular formula is C25H26N4O2. The Balaban J connectivity index is 1.11. The zero-order chi connectivity index (χ0) is 21.4. The van der Waals surface area contributed by atoms with Crippen LogP contribution in [0.1, 0.15) is 23.2 Å². The molecule has 0 bridgehead atoms. The van der Waals surface area contributed by atoms with Crippen molar-refractivity contribution in [3.63, 3.8) is 0 Å². The fraction of sp³-hybridized carbons (Fsp3) is 0.400. The number of hydrogen-bond acceptors (Lipinski definition) is 4. The van der Waals surface area contributed by atoms with Crippen molar-refractivity contribution in [3.05, 3.63) is 60.2 Å². The molecule has 2 aromatic rings. The minimum Gasteiger partial charge on any atom is -0.338 e. The van der Waals surface area contributed by atoms with Crippen LogP contribution in [0.5, 0.6) is 0 Å². The van der Waals surface area contributed by atoms with Gasteiger partial charge in [0, 0.05) is 31.2 Å². The van der Waals surface area contributed by atoms with Gasteiger partial charge in [0.15, 0.2) is 0 Å². The summed E-state index contributed by atoms with van der Waals surface area (Å²) in [6.45, 7) is 2.44. The van der Waals surface area contributed by atoms with Crippen molar-refractivity contribution in [2.45, 2.75) is 24.9 Å². The van der Waals surface area contributed by atoms with Gasteiger partial charge >= 0.3 is 0 Å². The van der Waals surface area contributed by atoms with E-state index in [4.69, 9.17) is 5.26 Å². The van der Waals surface area contributed by atoms with Crippen molar-refractivity contribution >= 4 is 11.8 Å². The van der Waals surface area contributed by atoms with Crippen molar-refractivity contribution < 1.29 is 9.59 Å². The molecule has 0 spiro atoms. The second-order valence-corrected chi connectivity index (χ2v) is 8.76. The molecule has 6 heteroatoms.